The normalized spacial score (nSPS) is 10.4. The van der Waals surface area contributed by atoms with Crippen LogP contribution in [0.5, 0.6) is 0 Å². The molecule has 5 heteroatoms. The lowest BCUT2D eigenvalue weighted by molar-refractivity contribution is 0.0693. The third-order valence-corrected chi connectivity index (χ3v) is 2.84. The quantitative estimate of drug-likeness (QED) is 0.815. The van der Waals surface area contributed by atoms with Crippen LogP contribution in [0.15, 0.2) is 29.2 Å². The number of carbonyl (C=O) groups is 1. The molecule has 0 aliphatic rings. The first-order valence-electron chi connectivity index (χ1n) is 5.36. The Bertz CT molecular complexity index is 606. The zero-order valence-corrected chi connectivity index (χ0v) is 10.9. The first-order chi connectivity index (χ1) is 8.47. The number of thiol groups is 1. The molecule has 2 aromatic rings. The summed E-state index contributed by atoms with van der Waals surface area (Å²) in [6.45, 7) is 3.79. The van der Waals surface area contributed by atoms with Crippen LogP contribution in [-0.2, 0) is 0 Å². The molecule has 0 fully saturated rings. The van der Waals surface area contributed by atoms with Gasteiger partial charge in [0.15, 0.2) is 5.82 Å². The molecule has 18 heavy (non-hydrogen) atoms. The molecule has 1 heterocycles. The fraction of sp³-hybridized carbons (Fsp3) is 0.154. The van der Waals surface area contributed by atoms with Gasteiger partial charge in [0.05, 0.1) is 5.56 Å². The average molecular weight is 260 g/mol. The van der Waals surface area contributed by atoms with E-state index >= 15 is 0 Å². The maximum atomic E-state index is 10.9. The topological polar surface area (TPSA) is 63.1 Å². The van der Waals surface area contributed by atoms with Crippen molar-refractivity contribution in [2.24, 2.45) is 0 Å². The van der Waals surface area contributed by atoms with Crippen LogP contribution in [0.3, 0.4) is 0 Å². The number of benzene rings is 1. The van der Waals surface area contributed by atoms with Crippen molar-refractivity contribution in [2.75, 3.05) is 0 Å². The Morgan fingerprint density at radius 3 is 2.28 bits per heavy atom. The molecule has 1 aromatic heterocycles. The van der Waals surface area contributed by atoms with E-state index in [0.29, 0.717) is 10.7 Å². The molecule has 0 unspecified atom stereocenters. The molecule has 0 amide bonds. The maximum Gasteiger partial charge on any atom is 0.336 e. The summed E-state index contributed by atoms with van der Waals surface area (Å²) in [5.74, 6) is -0.410. The lowest BCUT2D eigenvalue weighted by Crippen LogP contribution is -1.99. The second-order valence-corrected chi connectivity index (χ2v) is 4.49. The molecule has 0 atom stereocenters. The van der Waals surface area contributed by atoms with Gasteiger partial charge in [-0.2, -0.15) is 0 Å². The van der Waals surface area contributed by atoms with Crippen LogP contribution in [0.2, 0.25) is 0 Å². The number of aryl methyl sites for hydroxylation is 2. The van der Waals surface area contributed by atoms with E-state index in [0.717, 1.165) is 17.0 Å². The van der Waals surface area contributed by atoms with Gasteiger partial charge in [0.25, 0.3) is 0 Å². The summed E-state index contributed by atoms with van der Waals surface area (Å²) < 4.78 is 0. The summed E-state index contributed by atoms with van der Waals surface area (Å²) >= 11 is 4.17. The zero-order valence-electron chi connectivity index (χ0n) is 10.0. The van der Waals surface area contributed by atoms with Gasteiger partial charge < -0.3 is 5.11 Å². The van der Waals surface area contributed by atoms with Crippen molar-refractivity contribution >= 4 is 18.6 Å². The Hall–Kier alpha value is -1.88. The van der Waals surface area contributed by atoms with Gasteiger partial charge >= 0.3 is 5.97 Å². The molecule has 0 aliphatic carbocycles. The molecule has 0 saturated carbocycles. The van der Waals surface area contributed by atoms with Crippen molar-refractivity contribution in [1.29, 1.82) is 0 Å². The molecule has 92 valence electrons. The predicted octanol–water partition coefficient (Wildman–Crippen LogP) is 2.75. The average Bonchev–Trinajstić information content (AvgIpc) is 2.26. The lowest BCUT2D eigenvalue weighted by atomic mass is 10.1. The summed E-state index contributed by atoms with van der Waals surface area (Å²) in [5, 5.41) is 8.94. The first kappa shape index (κ1) is 12.6. The van der Waals surface area contributed by atoms with Crippen molar-refractivity contribution in [2.45, 2.75) is 18.7 Å². The number of carboxylic acids is 1. The Morgan fingerprint density at radius 2 is 1.78 bits per heavy atom. The van der Waals surface area contributed by atoms with Crippen LogP contribution in [0.25, 0.3) is 11.4 Å². The van der Waals surface area contributed by atoms with Gasteiger partial charge in [0.1, 0.15) is 0 Å². The molecule has 4 nitrogen and oxygen atoms in total. The highest BCUT2D eigenvalue weighted by Gasteiger charge is 2.10. The van der Waals surface area contributed by atoms with Gasteiger partial charge in [0.2, 0.25) is 0 Å². The molecular formula is C13H12N2O2S. The number of hydrogen-bond acceptors (Lipinski definition) is 4. The Morgan fingerprint density at radius 1 is 1.17 bits per heavy atom. The van der Waals surface area contributed by atoms with Gasteiger partial charge in [-0.05, 0) is 32.0 Å². The number of aromatic carboxylic acids is 1. The smallest absolute Gasteiger partial charge is 0.336 e. The van der Waals surface area contributed by atoms with E-state index in [9.17, 15) is 4.79 Å². The minimum Gasteiger partial charge on any atom is -0.478 e. The molecule has 1 N–H and O–H groups in total. The molecule has 0 spiro atoms. The molecule has 2 rings (SSSR count). The van der Waals surface area contributed by atoms with Crippen molar-refractivity contribution in [3.8, 4) is 11.4 Å². The lowest BCUT2D eigenvalue weighted by Gasteiger charge is -2.05. The monoisotopic (exact) mass is 260 g/mol. The largest absolute Gasteiger partial charge is 0.478 e. The number of aromatic nitrogens is 2. The van der Waals surface area contributed by atoms with Crippen molar-refractivity contribution in [3.05, 3.63) is 41.2 Å². The summed E-state index contributed by atoms with van der Waals surface area (Å²) in [4.78, 5) is 20.0. The minimum absolute atomic E-state index is 0.173. The highest BCUT2D eigenvalue weighted by atomic mass is 32.1. The van der Waals surface area contributed by atoms with E-state index in [4.69, 9.17) is 5.11 Å². The Kier molecular flexibility index (Phi) is 3.34. The highest BCUT2D eigenvalue weighted by molar-refractivity contribution is 7.80. The number of nitrogens with zero attached hydrogens (tertiary/aromatic N) is 2. The molecule has 0 radical (unpaired) electrons. The summed E-state index contributed by atoms with van der Waals surface area (Å²) in [6.07, 6.45) is 0. The summed E-state index contributed by atoms with van der Waals surface area (Å²) in [7, 11) is 0. The van der Waals surface area contributed by atoms with Crippen LogP contribution in [0, 0.1) is 13.8 Å². The van der Waals surface area contributed by atoms with Crippen LogP contribution in [0.4, 0.5) is 0 Å². The Labute approximate surface area is 110 Å². The third kappa shape index (κ3) is 2.51. The van der Waals surface area contributed by atoms with Gasteiger partial charge in [-0.25, -0.2) is 14.8 Å². The molecule has 1 aromatic carbocycles. The van der Waals surface area contributed by atoms with E-state index in [1.165, 1.54) is 6.07 Å². The SMILES string of the molecule is Cc1cc(C)nc(-c2ccc(C(=O)O)c(S)c2)n1. The van der Waals surface area contributed by atoms with Crippen LogP contribution in [-0.4, -0.2) is 21.0 Å². The van der Waals surface area contributed by atoms with Gasteiger partial charge in [-0.15, -0.1) is 12.6 Å². The second kappa shape index (κ2) is 4.78. The summed E-state index contributed by atoms with van der Waals surface area (Å²) in [5.41, 5.74) is 2.68. The van der Waals surface area contributed by atoms with Crippen molar-refractivity contribution < 1.29 is 9.90 Å². The first-order valence-corrected chi connectivity index (χ1v) is 5.81. The number of rotatable bonds is 2. The van der Waals surface area contributed by atoms with Gasteiger partial charge in [0, 0.05) is 21.8 Å². The van der Waals surface area contributed by atoms with E-state index in [-0.39, 0.29) is 5.56 Å². The van der Waals surface area contributed by atoms with Gasteiger partial charge in [-0.3, -0.25) is 0 Å². The van der Waals surface area contributed by atoms with Crippen molar-refractivity contribution in [3.63, 3.8) is 0 Å². The van der Waals surface area contributed by atoms with Gasteiger partial charge in [-0.1, -0.05) is 6.07 Å². The zero-order chi connectivity index (χ0) is 13.3. The van der Waals surface area contributed by atoms with Crippen LogP contribution >= 0.6 is 12.6 Å². The maximum absolute atomic E-state index is 10.9. The highest BCUT2D eigenvalue weighted by Crippen LogP contribution is 2.22. The second-order valence-electron chi connectivity index (χ2n) is 4.01. The van der Waals surface area contributed by atoms with Crippen LogP contribution < -0.4 is 0 Å². The van der Waals surface area contributed by atoms with Crippen LogP contribution in [0.1, 0.15) is 21.7 Å². The van der Waals surface area contributed by atoms with E-state index in [1.807, 2.05) is 19.9 Å². The fourth-order valence-electron chi connectivity index (χ4n) is 1.71. The predicted molar refractivity (Wildman–Crippen MR) is 71.2 cm³/mol. The van der Waals surface area contributed by atoms with E-state index in [2.05, 4.69) is 22.6 Å². The molecule has 0 bridgehead atoms. The number of carboxylic acid groups (broad SMARTS) is 1. The molecule has 0 saturated heterocycles. The third-order valence-electron chi connectivity index (χ3n) is 2.47. The minimum atomic E-state index is -0.993. The Balaban J connectivity index is 2.52. The fourth-order valence-corrected chi connectivity index (χ4v) is 2.02. The molecular weight excluding hydrogens is 248 g/mol. The standard InChI is InChI=1S/C13H12N2O2S/c1-7-5-8(2)15-12(14-7)9-3-4-10(13(16)17)11(18)6-9/h3-6,18H,1-2H3,(H,16,17). The molecule has 0 aliphatic heterocycles. The van der Waals surface area contributed by atoms with E-state index < -0.39 is 5.97 Å². The van der Waals surface area contributed by atoms with Crippen molar-refractivity contribution in [1.82, 2.24) is 9.97 Å². The summed E-state index contributed by atoms with van der Waals surface area (Å²) in [6, 6.07) is 6.76. The van der Waals surface area contributed by atoms with E-state index in [1.54, 1.807) is 12.1 Å². The number of hydrogen-bond donors (Lipinski definition) is 2.